The Morgan fingerprint density at radius 1 is 1.40 bits per heavy atom. The Kier molecular flexibility index (Phi) is 6.54. The van der Waals surface area contributed by atoms with E-state index in [1.165, 1.54) is 17.7 Å². The van der Waals surface area contributed by atoms with E-state index in [0.717, 1.165) is 17.3 Å². The van der Waals surface area contributed by atoms with Gasteiger partial charge in [-0.2, -0.15) is 11.8 Å². The molecule has 0 heterocycles. The molecule has 3 heteroatoms. The van der Waals surface area contributed by atoms with Crippen molar-refractivity contribution in [1.29, 1.82) is 0 Å². The van der Waals surface area contributed by atoms with Gasteiger partial charge in [0.15, 0.2) is 0 Å². The molecule has 1 atom stereocenters. The van der Waals surface area contributed by atoms with Crippen molar-refractivity contribution in [1.82, 2.24) is 0 Å². The molecule has 1 rings (SSSR count). The molecule has 0 aliphatic carbocycles. The van der Waals surface area contributed by atoms with Gasteiger partial charge in [-0.15, -0.1) is 11.6 Å². The zero-order valence-electron chi connectivity index (χ0n) is 8.88. The summed E-state index contributed by atoms with van der Waals surface area (Å²) in [7, 11) is 0. The zero-order chi connectivity index (χ0) is 11.1. The largest absolute Gasteiger partial charge is 0.165 e. The predicted octanol–water partition coefficient (Wildman–Crippen LogP) is 4.49. The fraction of sp³-hybridized carbons (Fsp3) is 0.500. The van der Waals surface area contributed by atoms with E-state index < -0.39 is 0 Å². The Bertz CT molecular complexity index is 289. The van der Waals surface area contributed by atoms with Crippen molar-refractivity contribution >= 4 is 35.0 Å². The molecule has 0 spiro atoms. The lowest BCUT2D eigenvalue weighted by atomic mass is 9.99. The van der Waals surface area contributed by atoms with Crippen LogP contribution in [0.1, 0.15) is 12.0 Å². The molecule has 1 aromatic rings. The second kappa shape index (κ2) is 7.43. The minimum atomic E-state index is 0.567. The van der Waals surface area contributed by atoms with E-state index in [4.69, 9.17) is 23.2 Å². The summed E-state index contributed by atoms with van der Waals surface area (Å²) in [5, 5.41) is 0.811. The minimum Gasteiger partial charge on any atom is -0.165 e. The van der Waals surface area contributed by atoms with E-state index in [1.807, 2.05) is 30.0 Å². The van der Waals surface area contributed by atoms with Crippen molar-refractivity contribution in [2.24, 2.45) is 5.92 Å². The maximum atomic E-state index is 5.95. The van der Waals surface area contributed by atoms with E-state index in [1.54, 1.807) is 0 Å². The average molecular weight is 263 g/mol. The molecule has 0 saturated carbocycles. The lowest BCUT2D eigenvalue weighted by Crippen LogP contribution is -2.07. The van der Waals surface area contributed by atoms with Gasteiger partial charge < -0.3 is 0 Å². The van der Waals surface area contributed by atoms with Crippen molar-refractivity contribution in [3.05, 3.63) is 34.9 Å². The topological polar surface area (TPSA) is 0 Å². The summed E-state index contributed by atoms with van der Waals surface area (Å²) in [6, 6.07) is 8.05. The molecule has 0 saturated heterocycles. The molecule has 84 valence electrons. The van der Waals surface area contributed by atoms with Gasteiger partial charge in [-0.3, -0.25) is 0 Å². The van der Waals surface area contributed by atoms with Gasteiger partial charge in [-0.05, 0) is 48.5 Å². The van der Waals surface area contributed by atoms with Crippen LogP contribution in [-0.2, 0) is 6.42 Å². The third kappa shape index (κ3) is 5.14. The lowest BCUT2D eigenvalue weighted by molar-refractivity contribution is 0.572. The molecule has 0 nitrogen and oxygen atoms in total. The van der Waals surface area contributed by atoms with Crippen LogP contribution < -0.4 is 0 Å². The summed E-state index contributed by atoms with van der Waals surface area (Å²) in [5.41, 5.74) is 1.29. The number of thioether (sulfide) groups is 1. The van der Waals surface area contributed by atoms with Crippen LogP contribution in [-0.4, -0.2) is 17.9 Å². The standard InChI is InChI=1S/C12H16Cl2S/c1-15-6-5-11(9-13)7-10-3-2-4-12(14)8-10/h2-4,8,11H,5-7,9H2,1H3. The molecule has 0 aliphatic rings. The molecular formula is C12H16Cl2S. The van der Waals surface area contributed by atoms with E-state index >= 15 is 0 Å². The second-order valence-electron chi connectivity index (χ2n) is 3.64. The Balaban J connectivity index is 2.50. The molecule has 0 aliphatic heterocycles. The van der Waals surface area contributed by atoms with E-state index in [9.17, 15) is 0 Å². The first kappa shape index (κ1) is 13.2. The fourth-order valence-corrected chi connectivity index (χ4v) is 2.56. The maximum Gasteiger partial charge on any atom is 0.0408 e. The van der Waals surface area contributed by atoms with Crippen LogP contribution >= 0.6 is 35.0 Å². The van der Waals surface area contributed by atoms with E-state index in [2.05, 4.69) is 12.3 Å². The highest BCUT2D eigenvalue weighted by atomic mass is 35.5. The fourth-order valence-electron chi connectivity index (χ4n) is 1.52. The number of hydrogen-bond acceptors (Lipinski definition) is 1. The Morgan fingerprint density at radius 3 is 2.80 bits per heavy atom. The first-order chi connectivity index (χ1) is 7.26. The van der Waals surface area contributed by atoms with Crippen LogP contribution in [0.15, 0.2) is 24.3 Å². The Morgan fingerprint density at radius 2 is 2.20 bits per heavy atom. The molecule has 15 heavy (non-hydrogen) atoms. The number of halogens is 2. The molecule has 0 amide bonds. The lowest BCUT2D eigenvalue weighted by Gasteiger charge is -2.13. The summed E-state index contributed by atoms with van der Waals surface area (Å²) >= 11 is 13.8. The van der Waals surface area contributed by atoms with Gasteiger partial charge in [0.25, 0.3) is 0 Å². The number of alkyl halides is 1. The van der Waals surface area contributed by atoms with E-state index in [-0.39, 0.29) is 0 Å². The number of rotatable bonds is 6. The van der Waals surface area contributed by atoms with Crippen LogP contribution in [0.25, 0.3) is 0 Å². The minimum absolute atomic E-state index is 0.567. The molecule has 0 aromatic heterocycles. The normalized spacial score (nSPS) is 12.7. The maximum absolute atomic E-state index is 5.95. The predicted molar refractivity (Wildman–Crippen MR) is 72.4 cm³/mol. The molecule has 0 N–H and O–H groups in total. The monoisotopic (exact) mass is 262 g/mol. The number of benzene rings is 1. The SMILES string of the molecule is CSCCC(CCl)Cc1cccc(Cl)c1. The summed E-state index contributed by atoms with van der Waals surface area (Å²) < 4.78 is 0. The molecule has 0 radical (unpaired) electrons. The molecule has 1 aromatic carbocycles. The van der Waals surface area contributed by atoms with Gasteiger partial charge in [0.1, 0.15) is 0 Å². The zero-order valence-corrected chi connectivity index (χ0v) is 11.2. The van der Waals surface area contributed by atoms with Crippen LogP contribution in [0.2, 0.25) is 5.02 Å². The van der Waals surface area contributed by atoms with Gasteiger partial charge >= 0.3 is 0 Å². The van der Waals surface area contributed by atoms with Crippen molar-refractivity contribution in [3.63, 3.8) is 0 Å². The Labute approximate surface area is 106 Å². The quantitative estimate of drug-likeness (QED) is 0.681. The second-order valence-corrected chi connectivity index (χ2v) is 5.37. The van der Waals surface area contributed by atoms with Crippen molar-refractivity contribution < 1.29 is 0 Å². The van der Waals surface area contributed by atoms with Crippen LogP contribution in [0, 0.1) is 5.92 Å². The molecule has 0 bridgehead atoms. The van der Waals surface area contributed by atoms with Gasteiger partial charge in [0, 0.05) is 10.9 Å². The van der Waals surface area contributed by atoms with Crippen molar-refractivity contribution in [2.45, 2.75) is 12.8 Å². The van der Waals surface area contributed by atoms with Gasteiger partial charge in [-0.1, -0.05) is 23.7 Å². The van der Waals surface area contributed by atoms with Crippen LogP contribution in [0.4, 0.5) is 0 Å². The van der Waals surface area contributed by atoms with Crippen molar-refractivity contribution in [3.8, 4) is 0 Å². The first-order valence-electron chi connectivity index (χ1n) is 5.05. The molecule has 0 fully saturated rings. The average Bonchev–Trinajstić information content (AvgIpc) is 2.24. The molecule has 1 unspecified atom stereocenters. The summed E-state index contributed by atoms with van der Waals surface area (Å²) in [5.74, 6) is 2.47. The third-order valence-corrected chi connectivity index (χ3v) is 3.68. The van der Waals surface area contributed by atoms with Crippen LogP contribution in [0.3, 0.4) is 0 Å². The highest BCUT2D eigenvalue weighted by Crippen LogP contribution is 2.18. The Hall–Kier alpha value is 0.150. The van der Waals surface area contributed by atoms with Crippen molar-refractivity contribution in [2.75, 3.05) is 17.9 Å². The summed E-state index contributed by atoms with van der Waals surface area (Å²) in [6.45, 7) is 0. The first-order valence-corrected chi connectivity index (χ1v) is 7.36. The third-order valence-electron chi connectivity index (χ3n) is 2.36. The summed E-state index contributed by atoms with van der Waals surface area (Å²) in [4.78, 5) is 0. The smallest absolute Gasteiger partial charge is 0.0408 e. The summed E-state index contributed by atoms with van der Waals surface area (Å²) in [6.07, 6.45) is 4.34. The van der Waals surface area contributed by atoms with Gasteiger partial charge in [0.2, 0.25) is 0 Å². The van der Waals surface area contributed by atoms with Gasteiger partial charge in [0.05, 0.1) is 0 Å². The van der Waals surface area contributed by atoms with Crippen LogP contribution in [0.5, 0.6) is 0 Å². The van der Waals surface area contributed by atoms with Gasteiger partial charge in [-0.25, -0.2) is 0 Å². The number of hydrogen-bond donors (Lipinski definition) is 0. The highest BCUT2D eigenvalue weighted by molar-refractivity contribution is 7.98. The highest BCUT2D eigenvalue weighted by Gasteiger charge is 2.08. The molecular weight excluding hydrogens is 247 g/mol. The van der Waals surface area contributed by atoms with E-state index in [0.29, 0.717) is 5.92 Å².